The van der Waals surface area contributed by atoms with Crippen LogP contribution in [0.25, 0.3) is 0 Å². The first-order valence-electron chi connectivity index (χ1n) is 6.17. The lowest BCUT2D eigenvalue weighted by atomic mass is 9.95. The molecule has 0 fully saturated rings. The number of nitriles is 1. The van der Waals surface area contributed by atoms with Crippen molar-refractivity contribution >= 4 is 0 Å². The van der Waals surface area contributed by atoms with E-state index in [9.17, 15) is 0 Å². The van der Waals surface area contributed by atoms with Gasteiger partial charge in [0.15, 0.2) is 0 Å². The summed E-state index contributed by atoms with van der Waals surface area (Å²) in [7, 11) is 0. The first-order chi connectivity index (χ1) is 7.74. The zero-order chi connectivity index (χ0) is 12.4. The quantitative estimate of drug-likeness (QED) is 0.663. The van der Waals surface area contributed by atoms with Gasteiger partial charge in [-0.15, -0.1) is 0 Å². The lowest BCUT2D eigenvalue weighted by Gasteiger charge is -2.10. The summed E-state index contributed by atoms with van der Waals surface area (Å²) in [5, 5.41) is 8.44. The van der Waals surface area contributed by atoms with Crippen molar-refractivity contribution in [2.75, 3.05) is 0 Å². The fraction of sp³-hybridized carbons (Fsp3) is 0.533. The summed E-state index contributed by atoms with van der Waals surface area (Å²) in [6.45, 7) is 8.33. The van der Waals surface area contributed by atoms with Crippen molar-refractivity contribution in [1.82, 2.24) is 0 Å². The van der Waals surface area contributed by atoms with Crippen LogP contribution >= 0.6 is 0 Å². The van der Waals surface area contributed by atoms with Crippen LogP contribution in [0.2, 0.25) is 0 Å². The van der Waals surface area contributed by atoms with Crippen molar-refractivity contribution in [2.24, 2.45) is 0 Å². The molecule has 0 N–H and O–H groups in total. The third-order valence-corrected chi connectivity index (χ3v) is 2.57. The molecule has 0 spiro atoms. The summed E-state index contributed by atoms with van der Waals surface area (Å²) >= 11 is 0. The largest absolute Gasteiger partial charge is 0.198 e. The number of hydrogen-bond donors (Lipinski definition) is 0. The van der Waals surface area contributed by atoms with Gasteiger partial charge in [-0.05, 0) is 31.2 Å². The number of nitrogens with zero attached hydrogens (tertiary/aromatic N) is 1. The Morgan fingerprint density at radius 2 is 1.75 bits per heavy atom. The van der Waals surface area contributed by atoms with E-state index in [4.69, 9.17) is 5.26 Å². The monoisotopic (exact) mass is 217 g/mol. The molecule has 1 nitrogen and oxygen atoms in total. The van der Waals surface area contributed by atoms with Gasteiger partial charge in [-0.1, -0.05) is 50.6 Å². The second-order valence-corrected chi connectivity index (χ2v) is 3.86. The van der Waals surface area contributed by atoms with Crippen LogP contribution in [-0.2, 0) is 0 Å². The van der Waals surface area contributed by atoms with E-state index in [0.717, 1.165) is 12.8 Å². The van der Waals surface area contributed by atoms with Gasteiger partial charge in [0, 0.05) is 6.42 Å². The van der Waals surface area contributed by atoms with E-state index in [1.54, 1.807) is 0 Å². The van der Waals surface area contributed by atoms with E-state index in [2.05, 4.69) is 44.2 Å². The lowest BCUT2D eigenvalue weighted by molar-refractivity contribution is 0.643. The number of aryl methyl sites for hydroxylation is 1. The molecular weight excluding hydrogens is 194 g/mol. The van der Waals surface area contributed by atoms with E-state index < -0.39 is 0 Å². The Labute approximate surface area is 100 Å². The van der Waals surface area contributed by atoms with Crippen molar-refractivity contribution in [3.63, 3.8) is 0 Å². The molecule has 88 valence electrons. The van der Waals surface area contributed by atoms with E-state index in [-0.39, 0.29) is 0 Å². The average Bonchev–Trinajstić information content (AvgIpc) is 2.33. The van der Waals surface area contributed by atoms with Crippen molar-refractivity contribution in [3.8, 4) is 6.07 Å². The molecule has 0 saturated heterocycles. The molecule has 1 atom stereocenters. The highest BCUT2D eigenvalue weighted by Crippen LogP contribution is 2.21. The summed E-state index contributed by atoms with van der Waals surface area (Å²) < 4.78 is 0. The summed E-state index contributed by atoms with van der Waals surface area (Å²) in [6, 6.07) is 10.9. The Morgan fingerprint density at radius 3 is 2.25 bits per heavy atom. The van der Waals surface area contributed by atoms with Crippen LogP contribution in [0, 0.1) is 18.3 Å². The molecule has 0 aliphatic carbocycles. The fourth-order valence-electron chi connectivity index (χ4n) is 1.55. The van der Waals surface area contributed by atoms with Gasteiger partial charge in [-0.3, -0.25) is 0 Å². The van der Waals surface area contributed by atoms with E-state index in [0.29, 0.717) is 12.3 Å². The maximum absolute atomic E-state index is 8.44. The molecule has 1 unspecified atom stereocenters. The summed E-state index contributed by atoms with van der Waals surface area (Å²) in [6.07, 6.45) is 2.79. The minimum absolute atomic E-state index is 0.573. The van der Waals surface area contributed by atoms with Crippen LogP contribution in [0.5, 0.6) is 0 Å². The zero-order valence-corrected chi connectivity index (χ0v) is 11.0. The Kier molecular flexibility index (Phi) is 8.25. The van der Waals surface area contributed by atoms with Crippen molar-refractivity contribution in [2.45, 2.75) is 52.9 Å². The summed E-state index contributed by atoms with van der Waals surface area (Å²) in [5.74, 6) is 0.573. The standard InChI is InChI=1S/C13H17N.C2H6/c1-11-6-8-13(9-7-11)12(2)5-3-4-10-14;1-2/h6-9,12H,3-5H2,1-2H3;1-2H3. The molecule has 16 heavy (non-hydrogen) atoms. The van der Waals surface area contributed by atoms with Crippen LogP contribution in [-0.4, -0.2) is 0 Å². The van der Waals surface area contributed by atoms with E-state index in [1.807, 2.05) is 13.8 Å². The molecule has 0 bridgehead atoms. The molecule has 0 aromatic heterocycles. The normalized spacial score (nSPS) is 10.9. The molecule has 0 aliphatic rings. The fourth-order valence-corrected chi connectivity index (χ4v) is 1.55. The second-order valence-electron chi connectivity index (χ2n) is 3.86. The molecule has 1 rings (SSSR count). The molecule has 1 aromatic carbocycles. The van der Waals surface area contributed by atoms with Crippen molar-refractivity contribution in [1.29, 1.82) is 5.26 Å². The molecule has 0 amide bonds. The predicted molar refractivity (Wildman–Crippen MR) is 70.4 cm³/mol. The van der Waals surface area contributed by atoms with Crippen LogP contribution < -0.4 is 0 Å². The Bertz CT molecular complexity index is 305. The minimum Gasteiger partial charge on any atom is -0.198 e. The van der Waals surface area contributed by atoms with Gasteiger partial charge in [-0.25, -0.2) is 0 Å². The van der Waals surface area contributed by atoms with E-state index >= 15 is 0 Å². The SMILES string of the molecule is CC.Cc1ccc(C(C)CCCC#N)cc1. The Morgan fingerprint density at radius 1 is 1.19 bits per heavy atom. The van der Waals surface area contributed by atoms with Gasteiger partial charge in [0.2, 0.25) is 0 Å². The molecule has 0 heterocycles. The number of benzene rings is 1. The van der Waals surface area contributed by atoms with Crippen LogP contribution in [0.1, 0.15) is 57.1 Å². The molecule has 0 aliphatic heterocycles. The topological polar surface area (TPSA) is 23.8 Å². The lowest BCUT2D eigenvalue weighted by Crippen LogP contribution is -1.93. The predicted octanol–water partition coefficient (Wildman–Crippen LogP) is 4.82. The highest BCUT2D eigenvalue weighted by molar-refractivity contribution is 5.23. The van der Waals surface area contributed by atoms with Crippen LogP contribution in [0.4, 0.5) is 0 Å². The highest BCUT2D eigenvalue weighted by Gasteiger charge is 2.03. The number of unbranched alkanes of at least 4 members (excludes halogenated alkanes) is 1. The molecule has 0 radical (unpaired) electrons. The molecule has 1 heteroatoms. The molecule has 0 saturated carbocycles. The van der Waals surface area contributed by atoms with Crippen LogP contribution in [0.3, 0.4) is 0 Å². The van der Waals surface area contributed by atoms with Crippen molar-refractivity contribution in [3.05, 3.63) is 35.4 Å². The van der Waals surface area contributed by atoms with Gasteiger partial charge in [-0.2, -0.15) is 5.26 Å². The third-order valence-electron chi connectivity index (χ3n) is 2.57. The highest BCUT2D eigenvalue weighted by atomic mass is 14.2. The van der Waals surface area contributed by atoms with Gasteiger partial charge < -0.3 is 0 Å². The van der Waals surface area contributed by atoms with Crippen LogP contribution in [0.15, 0.2) is 24.3 Å². The van der Waals surface area contributed by atoms with Crippen molar-refractivity contribution < 1.29 is 0 Å². The van der Waals surface area contributed by atoms with Gasteiger partial charge in [0.1, 0.15) is 0 Å². The van der Waals surface area contributed by atoms with E-state index in [1.165, 1.54) is 11.1 Å². The maximum Gasteiger partial charge on any atom is 0.0621 e. The average molecular weight is 217 g/mol. The summed E-state index contributed by atoms with van der Waals surface area (Å²) in [5.41, 5.74) is 2.69. The minimum atomic E-state index is 0.573. The second kappa shape index (κ2) is 8.97. The van der Waals surface area contributed by atoms with Gasteiger partial charge >= 0.3 is 0 Å². The first-order valence-corrected chi connectivity index (χ1v) is 6.17. The Hall–Kier alpha value is -1.29. The summed E-state index contributed by atoms with van der Waals surface area (Å²) in [4.78, 5) is 0. The third kappa shape index (κ3) is 5.56. The first kappa shape index (κ1) is 14.7. The van der Waals surface area contributed by atoms with Gasteiger partial charge in [0.25, 0.3) is 0 Å². The number of hydrogen-bond acceptors (Lipinski definition) is 1. The zero-order valence-electron chi connectivity index (χ0n) is 11.0. The molecular formula is C15H23N. The molecule has 1 aromatic rings. The maximum atomic E-state index is 8.44. The Balaban J connectivity index is 0.00000106. The van der Waals surface area contributed by atoms with Gasteiger partial charge in [0.05, 0.1) is 6.07 Å². The smallest absolute Gasteiger partial charge is 0.0621 e. The number of rotatable bonds is 4.